The average molecular weight is 292 g/mol. The Morgan fingerprint density at radius 3 is 2.90 bits per heavy atom. The van der Waals surface area contributed by atoms with Crippen molar-refractivity contribution in [3.8, 4) is 11.3 Å². The maximum atomic E-state index is 11.0. The van der Waals surface area contributed by atoms with Gasteiger partial charge in [0.1, 0.15) is 11.5 Å². The molecule has 4 nitrogen and oxygen atoms in total. The van der Waals surface area contributed by atoms with Crippen molar-refractivity contribution in [3.05, 3.63) is 59.3 Å². The van der Waals surface area contributed by atoms with E-state index in [4.69, 9.17) is 21.1 Å². The summed E-state index contributed by atoms with van der Waals surface area (Å²) in [6, 6.07) is 8.12. The van der Waals surface area contributed by atoms with Gasteiger partial charge in [0.25, 0.3) is 0 Å². The van der Waals surface area contributed by atoms with Gasteiger partial charge in [-0.2, -0.15) is 0 Å². The predicted molar refractivity (Wildman–Crippen MR) is 78.0 cm³/mol. The molecule has 0 radical (unpaired) electrons. The molecule has 0 fully saturated rings. The third-order valence-corrected chi connectivity index (χ3v) is 3.06. The molecule has 1 aromatic heterocycles. The zero-order valence-corrected chi connectivity index (χ0v) is 11.5. The molecular weight excluding hydrogens is 278 g/mol. The number of aromatic carboxylic acids is 1. The molecule has 2 aromatic rings. The molecule has 1 aromatic carbocycles. The zero-order chi connectivity index (χ0) is 14.5. The summed E-state index contributed by atoms with van der Waals surface area (Å²) in [5.74, 6) is 0.300. The highest BCUT2D eigenvalue weighted by atomic mass is 35.5. The van der Waals surface area contributed by atoms with Crippen LogP contribution in [0.5, 0.6) is 0 Å². The fraction of sp³-hybridized carbons (Fsp3) is 0.133. The number of hydrogen-bond donors (Lipinski definition) is 2. The highest BCUT2D eigenvalue weighted by Gasteiger charge is 2.12. The van der Waals surface area contributed by atoms with Crippen LogP contribution in [0.4, 0.5) is 0 Å². The lowest BCUT2D eigenvalue weighted by Gasteiger charge is -2.03. The third-order valence-electron chi connectivity index (χ3n) is 2.73. The van der Waals surface area contributed by atoms with Gasteiger partial charge in [-0.25, -0.2) is 4.79 Å². The molecule has 0 aliphatic rings. The Labute approximate surface area is 121 Å². The van der Waals surface area contributed by atoms with Crippen molar-refractivity contribution in [2.75, 3.05) is 6.54 Å². The number of hydrogen-bond acceptors (Lipinski definition) is 3. The van der Waals surface area contributed by atoms with E-state index in [2.05, 4.69) is 11.9 Å². The van der Waals surface area contributed by atoms with Crippen molar-refractivity contribution >= 4 is 17.6 Å². The minimum atomic E-state index is -0.998. The van der Waals surface area contributed by atoms with Gasteiger partial charge in [-0.05, 0) is 30.3 Å². The molecule has 20 heavy (non-hydrogen) atoms. The fourth-order valence-electron chi connectivity index (χ4n) is 1.76. The number of benzene rings is 1. The first-order valence-electron chi connectivity index (χ1n) is 6.05. The molecule has 1 heterocycles. The van der Waals surface area contributed by atoms with Crippen LogP contribution in [0.25, 0.3) is 11.3 Å². The van der Waals surface area contributed by atoms with Crippen molar-refractivity contribution in [1.82, 2.24) is 5.32 Å². The van der Waals surface area contributed by atoms with E-state index in [0.29, 0.717) is 29.4 Å². The lowest BCUT2D eigenvalue weighted by molar-refractivity contribution is 0.0697. The van der Waals surface area contributed by atoms with Crippen LogP contribution in [0, 0.1) is 0 Å². The normalized spacial score (nSPS) is 10.4. The van der Waals surface area contributed by atoms with Crippen LogP contribution < -0.4 is 5.32 Å². The maximum Gasteiger partial charge on any atom is 0.335 e. The Bertz CT molecular complexity index is 634. The molecule has 2 N–H and O–H groups in total. The summed E-state index contributed by atoms with van der Waals surface area (Å²) in [6.45, 7) is 4.87. The molecule has 0 atom stereocenters. The van der Waals surface area contributed by atoms with Gasteiger partial charge in [-0.15, -0.1) is 6.58 Å². The summed E-state index contributed by atoms with van der Waals surface area (Å²) in [5, 5.41) is 12.6. The molecule has 0 saturated heterocycles. The molecule has 0 bridgehead atoms. The smallest absolute Gasteiger partial charge is 0.335 e. The topological polar surface area (TPSA) is 62.5 Å². The first-order valence-corrected chi connectivity index (χ1v) is 6.43. The van der Waals surface area contributed by atoms with Gasteiger partial charge in [0, 0.05) is 12.1 Å². The van der Waals surface area contributed by atoms with Crippen LogP contribution in [-0.4, -0.2) is 17.6 Å². The second kappa shape index (κ2) is 6.41. The van der Waals surface area contributed by atoms with E-state index in [0.717, 1.165) is 5.76 Å². The Hall–Kier alpha value is -2.04. The summed E-state index contributed by atoms with van der Waals surface area (Å²) in [5.41, 5.74) is 0.744. The number of rotatable bonds is 6. The molecule has 0 aliphatic heterocycles. The number of nitrogens with one attached hydrogen (secondary N) is 1. The van der Waals surface area contributed by atoms with Crippen molar-refractivity contribution in [2.24, 2.45) is 0 Å². The van der Waals surface area contributed by atoms with Crippen LogP contribution in [0.2, 0.25) is 5.02 Å². The van der Waals surface area contributed by atoms with E-state index in [-0.39, 0.29) is 5.56 Å². The maximum absolute atomic E-state index is 11.0. The predicted octanol–water partition coefficient (Wildman–Crippen LogP) is 3.57. The van der Waals surface area contributed by atoms with Crippen molar-refractivity contribution < 1.29 is 14.3 Å². The molecule has 0 amide bonds. The van der Waals surface area contributed by atoms with E-state index in [1.54, 1.807) is 18.2 Å². The Morgan fingerprint density at radius 1 is 1.40 bits per heavy atom. The molecule has 0 aliphatic carbocycles. The van der Waals surface area contributed by atoms with Crippen LogP contribution in [0.3, 0.4) is 0 Å². The zero-order valence-electron chi connectivity index (χ0n) is 10.7. The van der Waals surface area contributed by atoms with Crippen LogP contribution in [0.1, 0.15) is 16.1 Å². The number of carboxylic acid groups (broad SMARTS) is 1. The van der Waals surface area contributed by atoms with Gasteiger partial charge in [0.05, 0.1) is 17.1 Å². The number of carbonyl (C=O) groups is 1. The van der Waals surface area contributed by atoms with Gasteiger partial charge in [0.2, 0.25) is 0 Å². The largest absolute Gasteiger partial charge is 0.478 e. The molecule has 104 valence electrons. The molecule has 5 heteroatoms. The summed E-state index contributed by atoms with van der Waals surface area (Å²) in [4.78, 5) is 11.0. The highest BCUT2D eigenvalue weighted by Crippen LogP contribution is 2.30. The standard InChI is InChI=1S/C15H14ClNO3/c1-2-7-17-9-11-4-6-14(20-11)12-8-10(15(18)19)3-5-13(12)16/h2-6,8,17H,1,7,9H2,(H,18,19). The number of furan rings is 1. The van der Waals surface area contributed by atoms with Gasteiger partial charge < -0.3 is 14.8 Å². The Kier molecular flexibility index (Phi) is 4.61. The minimum absolute atomic E-state index is 0.173. The fourth-order valence-corrected chi connectivity index (χ4v) is 1.97. The van der Waals surface area contributed by atoms with E-state index in [1.165, 1.54) is 12.1 Å². The monoisotopic (exact) mass is 291 g/mol. The van der Waals surface area contributed by atoms with Crippen LogP contribution in [0.15, 0.2) is 47.4 Å². The number of halogens is 1. The summed E-state index contributed by atoms with van der Waals surface area (Å²) in [6.07, 6.45) is 1.76. The lowest BCUT2D eigenvalue weighted by atomic mass is 10.1. The van der Waals surface area contributed by atoms with E-state index in [9.17, 15) is 4.79 Å². The lowest BCUT2D eigenvalue weighted by Crippen LogP contribution is -2.11. The van der Waals surface area contributed by atoms with Gasteiger partial charge >= 0.3 is 5.97 Å². The SMILES string of the molecule is C=CCNCc1ccc(-c2cc(C(=O)O)ccc2Cl)o1. The molecule has 2 rings (SSSR count). The van der Waals surface area contributed by atoms with Crippen molar-refractivity contribution in [1.29, 1.82) is 0 Å². The molecule has 0 saturated carbocycles. The van der Waals surface area contributed by atoms with Crippen LogP contribution in [-0.2, 0) is 6.54 Å². The molecular formula is C15H14ClNO3. The summed E-state index contributed by atoms with van der Waals surface area (Å²) < 4.78 is 5.66. The second-order valence-electron chi connectivity index (χ2n) is 4.19. The Morgan fingerprint density at radius 2 is 2.20 bits per heavy atom. The van der Waals surface area contributed by atoms with Gasteiger partial charge in [0.15, 0.2) is 0 Å². The number of carboxylic acids is 1. The summed E-state index contributed by atoms with van der Waals surface area (Å²) in [7, 11) is 0. The van der Waals surface area contributed by atoms with E-state index >= 15 is 0 Å². The van der Waals surface area contributed by atoms with Crippen molar-refractivity contribution in [3.63, 3.8) is 0 Å². The van der Waals surface area contributed by atoms with E-state index < -0.39 is 5.97 Å². The minimum Gasteiger partial charge on any atom is -0.478 e. The van der Waals surface area contributed by atoms with Gasteiger partial charge in [-0.1, -0.05) is 17.7 Å². The van der Waals surface area contributed by atoms with Crippen LogP contribution >= 0.6 is 11.6 Å². The summed E-state index contributed by atoms with van der Waals surface area (Å²) >= 11 is 6.09. The first-order chi connectivity index (χ1) is 9.61. The highest BCUT2D eigenvalue weighted by molar-refractivity contribution is 6.33. The third kappa shape index (κ3) is 3.29. The van der Waals surface area contributed by atoms with E-state index in [1.807, 2.05) is 6.07 Å². The first kappa shape index (κ1) is 14.4. The Balaban J connectivity index is 2.25. The quantitative estimate of drug-likeness (QED) is 0.631. The van der Waals surface area contributed by atoms with Gasteiger partial charge in [-0.3, -0.25) is 0 Å². The second-order valence-corrected chi connectivity index (χ2v) is 4.59. The van der Waals surface area contributed by atoms with Crippen molar-refractivity contribution in [2.45, 2.75) is 6.54 Å². The molecule has 0 unspecified atom stereocenters. The average Bonchev–Trinajstić information content (AvgIpc) is 2.88. The molecule has 0 spiro atoms.